The highest BCUT2D eigenvalue weighted by atomic mass is 16.5. The van der Waals surface area contributed by atoms with Crippen molar-refractivity contribution in [3.05, 3.63) is 23.8 Å². The van der Waals surface area contributed by atoms with Gasteiger partial charge in [-0.05, 0) is 43.9 Å². The normalized spacial score (nSPS) is 22.0. The van der Waals surface area contributed by atoms with E-state index in [1.165, 1.54) is 0 Å². The molecule has 0 spiro atoms. The van der Waals surface area contributed by atoms with Crippen molar-refractivity contribution in [1.82, 2.24) is 4.90 Å². The first-order valence-electron chi connectivity index (χ1n) is 7.72. The Morgan fingerprint density at radius 2 is 2.18 bits per heavy atom. The molecular weight excluding hydrogens is 282 g/mol. The fraction of sp³-hybridized carbons (Fsp3) is 0.588. The third-order valence-electron chi connectivity index (χ3n) is 4.07. The molecule has 1 saturated heterocycles. The zero-order chi connectivity index (χ0) is 16.1. The van der Waals surface area contributed by atoms with E-state index in [4.69, 9.17) is 9.47 Å². The molecule has 1 fully saturated rings. The van der Waals surface area contributed by atoms with Crippen molar-refractivity contribution in [3.63, 3.8) is 0 Å². The molecule has 2 rings (SSSR count). The molecule has 1 aliphatic heterocycles. The van der Waals surface area contributed by atoms with Crippen LogP contribution < -0.4 is 9.47 Å². The third-order valence-corrected chi connectivity index (χ3v) is 4.07. The standard InChI is InChI=1S/C17H25NO4/c1-12(2)22-17-9-13(4-5-16(17)21-3)14-8-15(11-20)18(10-14)6-7-19/h4-5,7,9,12,14-15,20H,6,8,10-11H2,1-3H3/t14-,15-/m1/s1. The minimum atomic E-state index is 0.0479. The molecule has 0 amide bonds. The quantitative estimate of drug-likeness (QED) is 0.779. The maximum absolute atomic E-state index is 10.8. The summed E-state index contributed by atoms with van der Waals surface area (Å²) < 4.78 is 11.2. The molecule has 0 aromatic heterocycles. The van der Waals surface area contributed by atoms with Gasteiger partial charge in [-0.2, -0.15) is 0 Å². The van der Waals surface area contributed by atoms with Crippen LogP contribution in [0.5, 0.6) is 11.5 Å². The van der Waals surface area contributed by atoms with Crippen molar-refractivity contribution in [2.24, 2.45) is 0 Å². The molecule has 2 atom stereocenters. The zero-order valence-electron chi connectivity index (χ0n) is 13.5. The summed E-state index contributed by atoms with van der Waals surface area (Å²) in [7, 11) is 1.63. The first kappa shape index (κ1) is 16.8. The number of nitrogens with zero attached hydrogens (tertiary/aromatic N) is 1. The van der Waals surface area contributed by atoms with Crippen molar-refractivity contribution >= 4 is 6.29 Å². The highest BCUT2D eigenvalue weighted by molar-refractivity contribution is 5.52. The lowest BCUT2D eigenvalue weighted by molar-refractivity contribution is -0.109. The monoisotopic (exact) mass is 307 g/mol. The van der Waals surface area contributed by atoms with Gasteiger partial charge < -0.3 is 19.4 Å². The van der Waals surface area contributed by atoms with Gasteiger partial charge in [-0.25, -0.2) is 0 Å². The van der Waals surface area contributed by atoms with E-state index >= 15 is 0 Å². The van der Waals surface area contributed by atoms with Gasteiger partial charge in [0.25, 0.3) is 0 Å². The lowest BCUT2D eigenvalue weighted by Crippen LogP contribution is -2.33. The number of rotatable bonds is 7. The molecule has 122 valence electrons. The summed E-state index contributed by atoms with van der Waals surface area (Å²) >= 11 is 0. The Kier molecular flexibility index (Phi) is 5.80. The minimum absolute atomic E-state index is 0.0479. The Hall–Kier alpha value is -1.59. The molecule has 0 bridgehead atoms. The van der Waals surface area contributed by atoms with Gasteiger partial charge in [0.1, 0.15) is 6.29 Å². The molecule has 5 nitrogen and oxygen atoms in total. The number of ether oxygens (including phenoxy) is 2. The Labute approximate surface area is 131 Å². The first-order chi connectivity index (χ1) is 10.6. The summed E-state index contributed by atoms with van der Waals surface area (Å²) in [6.45, 7) is 5.19. The van der Waals surface area contributed by atoms with Crippen LogP contribution in [0.3, 0.4) is 0 Å². The van der Waals surface area contributed by atoms with Crippen LogP contribution in [-0.4, -0.2) is 55.2 Å². The van der Waals surface area contributed by atoms with Crippen molar-refractivity contribution < 1.29 is 19.4 Å². The van der Waals surface area contributed by atoms with E-state index in [1.807, 2.05) is 36.9 Å². The third kappa shape index (κ3) is 3.78. The Bertz CT molecular complexity index is 503. The van der Waals surface area contributed by atoms with Crippen LogP contribution in [0.1, 0.15) is 31.7 Å². The van der Waals surface area contributed by atoms with Crippen LogP contribution in [0.25, 0.3) is 0 Å². The van der Waals surface area contributed by atoms with E-state index in [1.54, 1.807) is 7.11 Å². The molecule has 1 N–H and O–H groups in total. The summed E-state index contributed by atoms with van der Waals surface area (Å²) in [5, 5.41) is 9.48. The Balaban J connectivity index is 2.20. The second kappa shape index (κ2) is 7.61. The molecule has 0 radical (unpaired) electrons. The molecule has 0 aliphatic carbocycles. The van der Waals surface area contributed by atoms with Crippen LogP contribution in [0.2, 0.25) is 0 Å². The Morgan fingerprint density at radius 1 is 1.41 bits per heavy atom. The second-order valence-electron chi connectivity index (χ2n) is 5.97. The van der Waals surface area contributed by atoms with Gasteiger partial charge in [0.2, 0.25) is 0 Å². The SMILES string of the molecule is COc1ccc([C@@H]2C[C@H](CO)N(CC=O)C2)cc1OC(C)C. The van der Waals surface area contributed by atoms with Crippen molar-refractivity contribution in [3.8, 4) is 11.5 Å². The average Bonchev–Trinajstić information content (AvgIpc) is 2.90. The number of aliphatic hydroxyl groups is 1. The smallest absolute Gasteiger partial charge is 0.161 e. The molecule has 5 heteroatoms. The van der Waals surface area contributed by atoms with Crippen LogP contribution >= 0.6 is 0 Å². The molecule has 0 unspecified atom stereocenters. The zero-order valence-corrected chi connectivity index (χ0v) is 13.5. The Morgan fingerprint density at radius 3 is 2.77 bits per heavy atom. The van der Waals surface area contributed by atoms with Crippen LogP contribution in [-0.2, 0) is 4.79 Å². The van der Waals surface area contributed by atoms with E-state index in [9.17, 15) is 9.90 Å². The largest absolute Gasteiger partial charge is 0.493 e. The summed E-state index contributed by atoms with van der Waals surface area (Å²) in [4.78, 5) is 12.8. The molecule has 0 saturated carbocycles. The van der Waals surface area contributed by atoms with Gasteiger partial charge in [-0.15, -0.1) is 0 Å². The van der Waals surface area contributed by atoms with Crippen LogP contribution in [0.15, 0.2) is 18.2 Å². The molecule has 1 aromatic carbocycles. The maximum Gasteiger partial charge on any atom is 0.161 e. The van der Waals surface area contributed by atoms with E-state index in [2.05, 4.69) is 0 Å². The van der Waals surface area contributed by atoms with Gasteiger partial charge >= 0.3 is 0 Å². The van der Waals surface area contributed by atoms with Gasteiger partial charge in [-0.3, -0.25) is 4.90 Å². The summed E-state index contributed by atoms with van der Waals surface area (Å²) in [6.07, 6.45) is 1.81. The fourth-order valence-corrected chi connectivity index (χ4v) is 3.03. The number of hydrogen-bond acceptors (Lipinski definition) is 5. The van der Waals surface area contributed by atoms with Crippen LogP contribution in [0, 0.1) is 0 Å². The van der Waals surface area contributed by atoms with E-state index in [0.29, 0.717) is 6.54 Å². The number of likely N-dealkylation sites (tertiary alicyclic amines) is 1. The van der Waals surface area contributed by atoms with Crippen molar-refractivity contribution in [1.29, 1.82) is 0 Å². The van der Waals surface area contributed by atoms with Gasteiger partial charge in [0.15, 0.2) is 11.5 Å². The summed E-state index contributed by atoms with van der Waals surface area (Å²) in [5.74, 6) is 1.75. The number of hydrogen-bond donors (Lipinski definition) is 1. The molecule has 1 aromatic rings. The summed E-state index contributed by atoms with van der Waals surface area (Å²) in [5.41, 5.74) is 1.16. The molecular formula is C17H25NO4. The number of aliphatic hydroxyl groups excluding tert-OH is 1. The van der Waals surface area contributed by atoms with Crippen molar-refractivity contribution in [2.45, 2.75) is 38.3 Å². The van der Waals surface area contributed by atoms with Gasteiger partial charge in [0, 0.05) is 12.6 Å². The second-order valence-corrected chi connectivity index (χ2v) is 5.97. The van der Waals surface area contributed by atoms with E-state index in [0.717, 1.165) is 36.3 Å². The molecule has 22 heavy (non-hydrogen) atoms. The number of methoxy groups -OCH3 is 1. The molecule has 1 heterocycles. The van der Waals surface area contributed by atoms with Gasteiger partial charge in [-0.1, -0.05) is 6.07 Å². The topological polar surface area (TPSA) is 59.0 Å². The predicted molar refractivity (Wildman–Crippen MR) is 84.6 cm³/mol. The van der Waals surface area contributed by atoms with Gasteiger partial charge in [0.05, 0.1) is 26.4 Å². The number of carbonyl (C=O) groups excluding carboxylic acids is 1. The molecule has 1 aliphatic rings. The fourth-order valence-electron chi connectivity index (χ4n) is 3.03. The number of aldehydes is 1. The average molecular weight is 307 g/mol. The number of carbonyl (C=O) groups is 1. The lowest BCUT2D eigenvalue weighted by atomic mass is 9.96. The minimum Gasteiger partial charge on any atom is -0.493 e. The maximum atomic E-state index is 10.8. The number of benzene rings is 1. The summed E-state index contributed by atoms with van der Waals surface area (Å²) in [6, 6.07) is 6.02. The predicted octanol–water partition coefficient (Wildman–Crippen LogP) is 1.83. The van der Waals surface area contributed by atoms with E-state index in [-0.39, 0.29) is 24.7 Å². The highest BCUT2D eigenvalue weighted by Crippen LogP contribution is 2.36. The highest BCUT2D eigenvalue weighted by Gasteiger charge is 2.32. The van der Waals surface area contributed by atoms with Crippen molar-refractivity contribution in [2.75, 3.05) is 26.8 Å². The lowest BCUT2D eigenvalue weighted by Gasteiger charge is -2.19. The van der Waals surface area contributed by atoms with E-state index < -0.39 is 0 Å². The first-order valence-corrected chi connectivity index (χ1v) is 7.72. The van der Waals surface area contributed by atoms with Crippen LogP contribution in [0.4, 0.5) is 0 Å².